The second-order valence-electron chi connectivity index (χ2n) is 7.13. The van der Waals surface area contributed by atoms with Crippen molar-refractivity contribution in [2.45, 2.75) is 30.4 Å². The van der Waals surface area contributed by atoms with Crippen molar-refractivity contribution in [2.75, 3.05) is 27.9 Å². The number of carbonyl (C=O) groups is 1. The Labute approximate surface area is 152 Å². The van der Waals surface area contributed by atoms with E-state index in [0.29, 0.717) is 6.54 Å². The molecule has 26 heavy (non-hydrogen) atoms. The van der Waals surface area contributed by atoms with Gasteiger partial charge in [0, 0.05) is 12.1 Å². The molecule has 1 saturated heterocycles. The van der Waals surface area contributed by atoms with Crippen LogP contribution in [0.15, 0.2) is 35.6 Å². The van der Waals surface area contributed by atoms with Crippen LogP contribution in [-0.2, 0) is 21.3 Å². The van der Waals surface area contributed by atoms with E-state index in [1.54, 1.807) is 14.2 Å². The lowest BCUT2D eigenvalue weighted by molar-refractivity contribution is 0.0556. The number of carbonyl (C=O) groups excluding carboxylic acids is 1. The van der Waals surface area contributed by atoms with E-state index >= 15 is 0 Å². The summed E-state index contributed by atoms with van der Waals surface area (Å²) in [6, 6.07) is 4.02. The van der Waals surface area contributed by atoms with Gasteiger partial charge in [0.1, 0.15) is 5.76 Å². The number of ether oxygens (including phenoxy) is 4. The molecular weight excluding hydrogens is 334 g/mol. The molecule has 0 aromatic heterocycles. The molecule has 1 amide bonds. The fourth-order valence-corrected chi connectivity index (χ4v) is 5.26. The molecule has 0 radical (unpaired) electrons. The first-order valence-electron chi connectivity index (χ1n) is 8.83. The number of rotatable bonds is 2. The summed E-state index contributed by atoms with van der Waals surface area (Å²) >= 11 is 0. The molecule has 1 aromatic carbocycles. The number of likely N-dealkylation sites (tertiary alicyclic amines) is 1. The van der Waals surface area contributed by atoms with Gasteiger partial charge in [0.05, 0.1) is 32.8 Å². The van der Waals surface area contributed by atoms with Gasteiger partial charge in [-0.25, -0.2) is 4.79 Å². The maximum atomic E-state index is 12.4. The van der Waals surface area contributed by atoms with Crippen LogP contribution >= 0.6 is 0 Å². The third-order valence-electron chi connectivity index (χ3n) is 6.30. The van der Waals surface area contributed by atoms with Crippen molar-refractivity contribution >= 4 is 6.09 Å². The maximum absolute atomic E-state index is 12.4. The number of hydrogen-bond donors (Lipinski definition) is 0. The largest absolute Gasteiger partial charge is 0.497 e. The summed E-state index contributed by atoms with van der Waals surface area (Å²) in [5.74, 6) is 2.37. The van der Waals surface area contributed by atoms with Crippen molar-refractivity contribution in [3.63, 3.8) is 0 Å². The van der Waals surface area contributed by atoms with Crippen molar-refractivity contribution in [1.29, 1.82) is 0 Å². The molecule has 3 atom stereocenters. The number of nitrogens with zero attached hydrogens (tertiary/aromatic N) is 1. The van der Waals surface area contributed by atoms with Crippen molar-refractivity contribution in [1.82, 2.24) is 4.90 Å². The summed E-state index contributed by atoms with van der Waals surface area (Å²) < 4.78 is 22.7. The monoisotopic (exact) mass is 355 g/mol. The molecule has 1 fully saturated rings. The Kier molecular flexibility index (Phi) is 3.12. The summed E-state index contributed by atoms with van der Waals surface area (Å²) in [4.78, 5) is 14.2. The third kappa shape index (κ3) is 1.65. The normalized spacial score (nSPS) is 29.9. The van der Waals surface area contributed by atoms with Crippen LogP contribution in [0.2, 0.25) is 0 Å². The summed E-state index contributed by atoms with van der Waals surface area (Å²) in [6.45, 7) is 0.627. The van der Waals surface area contributed by atoms with Gasteiger partial charge in [-0.2, -0.15) is 0 Å². The predicted octanol–water partition coefficient (Wildman–Crippen LogP) is 2.56. The summed E-state index contributed by atoms with van der Waals surface area (Å²) in [5, 5.41) is 0. The standard InChI is InChI=1S/C20H21NO5/c1-23-14-6-4-11-10-13-12-5-7-15(24-2)18-20(12,16(11)17(14)26-18)8-9-21(13)19(22)25-3/h4-7,13,18H,8-10H2,1-3H3/t13-,18+,20+/m1/s1. The van der Waals surface area contributed by atoms with Gasteiger partial charge in [-0.3, -0.25) is 0 Å². The van der Waals surface area contributed by atoms with Crippen LogP contribution in [0.5, 0.6) is 11.5 Å². The van der Waals surface area contributed by atoms with E-state index < -0.39 is 0 Å². The highest BCUT2D eigenvalue weighted by molar-refractivity contribution is 5.73. The molecule has 0 saturated carbocycles. The molecule has 2 bridgehead atoms. The van der Waals surface area contributed by atoms with Gasteiger partial charge in [0.15, 0.2) is 17.6 Å². The molecule has 5 rings (SSSR count). The number of allylic oxidation sites excluding steroid dienone is 2. The Balaban J connectivity index is 1.77. The van der Waals surface area contributed by atoms with Gasteiger partial charge in [0.2, 0.25) is 0 Å². The lowest BCUT2D eigenvalue weighted by Crippen LogP contribution is -2.60. The molecule has 0 N–H and O–H groups in total. The second kappa shape index (κ2) is 5.19. The Bertz CT molecular complexity index is 873. The molecular formula is C20H21NO5. The smallest absolute Gasteiger partial charge is 0.409 e. The zero-order valence-electron chi connectivity index (χ0n) is 15.1. The lowest BCUT2D eigenvalue weighted by atomic mass is 9.57. The van der Waals surface area contributed by atoms with Gasteiger partial charge in [-0.15, -0.1) is 0 Å². The van der Waals surface area contributed by atoms with E-state index in [4.69, 9.17) is 18.9 Å². The van der Waals surface area contributed by atoms with E-state index in [9.17, 15) is 4.79 Å². The van der Waals surface area contributed by atoms with Crippen molar-refractivity contribution in [3.05, 3.63) is 46.7 Å². The second-order valence-corrected chi connectivity index (χ2v) is 7.13. The molecule has 136 valence electrons. The first-order chi connectivity index (χ1) is 12.7. The van der Waals surface area contributed by atoms with Gasteiger partial charge < -0.3 is 23.8 Å². The van der Waals surface area contributed by atoms with Crippen LogP contribution in [0.3, 0.4) is 0 Å². The average molecular weight is 355 g/mol. The fraction of sp³-hybridized carbons (Fsp3) is 0.450. The van der Waals surface area contributed by atoms with E-state index in [2.05, 4.69) is 12.1 Å². The molecule has 1 spiro atoms. The van der Waals surface area contributed by atoms with Crippen LogP contribution < -0.4 is 9.47 Å². The zero-order valence-corrected chi connectivity index (χ0v) is 15.1. The highest BCUT2D eigenvalue weighted by Crippen LogP contribution is 2.62. The van der Waals surface area contributed by atoms with E-state index in [1.807, 2.05) is 17.0 Å². The third-order valence-corrected chi connectivity index (χ3v) is 6.30. The number of amides is 1. The van der Waals surface area contributed by atoms with Gasteiger partial charge in [0.25, 0.3) is 0 Å². The SMILES string of the molecule is COC(=O)N1CC[C@@]23C4=CC=C(OC)[C@@H]2Oc2c(OC)ccc(c23)C[C@H]41. The number of piperidine rings is 1. The molecule has 6 heteroatoms. The molecule has 1 aromatic rings. The summed E-state index contributed by atoms with van der Waals surface area (Å²) in [7, 11) is 4.78. The van der Waals surface area contributed by atoms with Crippen molar-refractivity contribution in [2.24, 2.45) is 0 Å². The highest BCUT2D eigenvalue weighted by atomic mass is 16.6. The number of benzene rings is 1. The lowest BCUT2D eigenvalue weighted by Gasteiger charge is -2.52. The molecule has 4 aliphatic rings. The zero-order chi connectivity index (χ0) is 18.1. The van der Waals surface area contributed by atoms with Crippen LogP contribution in [0.4, 0.5) is 4.79 Å². The first kappa shape index (κ1) is 15.6. The molecule has 2 heterocycles. The summed E-state index contributed by atoms with van der Waals surface area (Å²) in [6.07, 6.45) is 5.09. The summed E-state index contributed by atoms with van der Waals surface area (Å²) in [5.41, 5.74) is 3.32. The van der Waals surface area contributed by atoms with Gasteiger partial charge in [-0.05, 0) is 36.1 Å². The number of hydrogen-bond acceptors (Lipinski definition) is 5. The van der Waals surface area contributed by atoms with Gasteiger partial charge in [-0.1, -0.05) is 12.1 Å². The first-order valence-corrected chi connectivity index (χ1v) is 8.83. The Morgan fingerprint density at radius 1 is 1.23 bits per heavy atom. The van der Waals surface area contributed by atoms with E-state index in [0.717, 1.165) is 30.1 Å². The molecule has 2 aliphatic carbocycles. The Hall–Kier alpha value is -2.63. The Morgan fingerprint density at radius 2 is 2.08 bits per heavy atom. The van der Waals surface area contributed by atoms with Crippen molar-refractivity contribution in [3.8, 4) is 11.5 Å². The Morgan fingerprint density at radius 3 is 2.81 bits per heavy atom. The minimum atomic E-state index is -0.299. The van der Waals surface area contributed by atoms with Crippen molar-refractivity contribution < 1.29 is 23.7 Å². The predicted molar refractivity (Wildman–Crippen MR) is 93.5 cm³/mol. The van der Waals surface area contributed by atoms with Crippen LogP contribution in [0.1, 0.15) is 17.5 Å². The molecule has 6 nitrogen and oxygen atoms in total. The van der Waals surface area contributed by atoms with Crippen LogP contribution in [0, 0.1) is 0 Å². The topological polar surface area (TPSA) is 57.2 Å². The minimum absolute atomic E-state index is 0.0243. The fourth-order valence-electron chi connectivity index (χ4n) is 5.26. The average Bonchev–Trinajstić information content (AvgIpc) is 3.01. The minimum Gasteiger partial charge on any atom is -0.497 e. The highest BCUT2D eigenvalue weighted by Gasteiger charge is 2.63. The van der Waals surface area contributed by atoms with Gasteiger partial charge >= 0.3 is 6.09 Å². The van der Waals surface area contributed by atoms with E-state index in [1.165, 1.54) is 23.8 Å². The molecule has 0 unspecified atom stereocenters. The molecule has 2 aliphatic heterocycles. The van der Waals surface area contributed by atoms with Crippen LogP contribution in [0.25, 0.3) is 0 Å². The van der Waals surface area contributed by atoms with Crippen LogP contribution in [-0.4, -0.2) is 51.0 Å². The van der Waals surface area contributed by atoms with E-state index in [-0.39, 0.29) is 23.7 Å². The quantitative estimate of drug-likeness (QED) is 0.816. The maximum Gasteiger partial charge on any atom is 0.409 e. The number of methoxy groups -OCH3 is 3.